The number of anilines is 1. The molecule has 0 aliphatic carbocycles. The maximum Gasteiger partial charge on any atom is 0.0505 e. The highest BCUT2D eigenvalue weighted by atomic mass is 32.2. The first-order valence-corrected chi connectivity index (χ1v) is 7.69. The fraction of sp³-hybridized carbons (Fsp3) is 0.571. The summed E-state index contributed by atoms with van der Waals surface area (Å²) in [6.07, 6.45) is 4.69. The van der Waals surface area contributed by atoms with Crippen molar-refractivity contribution in [2.24, 2.45) is 0 Å². The topological polar surface area (TPSA) is 15.3 Å². The first-order chi connectivity index (χ1) is 8.35. The van der Waals surface area contributed by atoms with Crippen LogP contribution in [-0.4, -0.2) is 31.9 Å². The summed E-state index contributed by atoms with van der Waals surface area (Å²) < 4.78 is 0. The SMILES string of the molecule is CCCC1CN(c2ccccc2SC)CCN1. The zero-order valence-corrected chi connectivity index (χ0v) is 11.6. The average Bonchev–Trinajstić information content (AvgIpc) is 2.39. The van der Waals surface area contributed by atoms with Crippen LogP contribution in [0.25, 0.3) is 0 Å². The minimum atomic E-state index is 0.656. The Morgan fingerprint density at radius 2 is 2.24 bits per heavy atom. The monoisotopic (exact) mass is 250 g/mol. The molecular formula is C14H22N2S. The minimum absolute atomic E-state index is 0.656. The van der Waals surface area contributed by atoms with E-state index in [0.717, 1.165) is 19.6 Å². The molecule has 1 N–H and O–H groups in total. The van der Waals surface area contributed by atoms with E-state index in [0.29, 0.717) is 6.04 Å². The molecule has 1 aromatic rings. The second kappa shape index (κ2) is 6.31. The van der Waals surface area contributed by atoms with Crippen molar-refractivity contribution in [2.45, 2.75) is 30.7 Å². The number of benzene rings is 1. The van der Waals surface area contributed by atoms with Crippen molar-refractivity contribution in [1.82, 2.24) is 5.32 Å². The molecular weight excluding hydrogens is 228 g/mol. The maximum atomic E-state index is 3.61. The maximum absolute atomic E-state index is 3.61. The van der Waals surface area contributed by atoms with Gasteiger partial charge in [-0.15, -0.1) is 11.8 Å². The fourth-order valence-corrected chi connectivity index (χ4v) is 3.10. The van der Waals surface area contributed by atoms with Gasteiger partial charge in [-0.05, 0) is 24.8 Å². The highest BCUT2D eigenvalue weighted by Gasteiger charge is 2.20. The normalized spacial score (nSPS) is 20.6. The predicted molar refractivity (Wildman–Crippen MR) is 77.1 cm³/mol. The molecule has 0 radical (unpaired) electrons. The van der Waals surface area contributed by atoms with E-state index in [9.17, 15) is 0 Å². The van der Waals surface area contributed by atoms with Crippen molar-refractivity contribution < 1.29 is 0 Å². The lowest BCUT2D eigenvalue weighted by Crippen LogP contribution is -2.50. The zero-order valence-electron chi connectivity index (χ0n) is 10.8. The first kappa shape index (κ1) is 12.8. The summed E-state index contributed by atoms with van der Waals surface area (Å²) in [6.45, 7) is 5.63. The van der Waals surface area contributed by atoms with Gasteiger partial charge in [0, 0.05) is 30.6 Å². The van der Waals surface area contributed by atoms with Crippen LogP contribution in [0, 0.1) is 0 Å². The molecule has 1 aliphatic heterocycles. The van der Waals surface area contributed by atoms with Crippen molar-refractivity contribution in [2.75, 3.05) is 30.8 Å². The number of hydrogen-bond donors (Lipinski definition) is 1. The summed E-state index contributed by atoms with van der Waals surface area (Å²) in [5.74, 6) is 0. The van der Waals surface area contributed by atoms with Gasteiger partial charge < -0.3 is 10.2 Å². The van der Waals surface area contributed by atoms with Crippen LogP contribution in [0.4, 0.5) is 5.69 Å². The molecule has 17 heavy (non-hydrogen) atoms. The quantitative estimate of drug-likeness (QED) is 0.827. The molecule has 1 aliphatic rings. The van der Waals surface area contributed by atoms with Gasteiger partial charge in [0.1, 0.15) is 0 Å². The number of nitrogens with zero attached hydrogens (tertiary/aromatic N) is 1. The molecule has 2 rings (SSSR count). The number of nitrogens with one attached hydrogen (secondary N) is 1. The van der Waals surface area contributed by atoms with Crippen LogP contribution in [-0.2, 0) is 0 Å². The third-order valence-electron chi connectivity index (χ3n) is 3.32. The highest BCUT2D eigenvalue weighted by molar-refractivity contribution is 7.98. The van der Waals surface area contributed by atoms with Crippen molar-refractivity contribution in [3.05, 3.63) is 24.3 Å². The summed E-state index contributed by atoms with van der Waals surface area (Å²) in [6, 6.07) is 9.40. The molecule has 0 bridgehead atoms. The van der Waals surface area contributed by atoms with Crippen LogP contribution in [0.15, 0.2) is 29.2 Å². The van der Waals surface area contributed by atoms with Crippen molar-refractivity contribution >= 4 is 17.4 Å². The predicted octanol–water partition coefficient (Wildman–Crippen LogP) is 2.99. The fourth-order valence-electron chi connectivity index (χ4n) is 2.48. The largest absolute Gasteiger partial charge is 0.368 e. The molecule has 0 spiro atoms. The third kappa shape index (κ3) is 3.17. The second-order valence-electron chi connectivity index (χ2n) is 4.56. The molecule has 1 saturated heterocycles. The molecule has 1 unspecified atom stereocenters. The second-order valence-corrected chi connectivity index (χ2v) is 5.41. The van der Waals surface area contributed by atoms with E-state index in [-0.39, 0.29) is 0 Å². The van der Waals surface area contributed by atoms with E-state index < -0.39 is 0 Å². The van der Waals surface area contributed by atoms with Gasteiger partial charge in [0.2, 0.25) is 0 Å². The van der Waals surface area contributed by atoms with Crippen molar-refractivity contribution in [1.29, 1.82) is 0 Å². The van der Waals surface area contributed by atoms with E-state index in [1.165, 1.54) is 23.4 Å². The molecule has 1 heterocycles. The molecule has 1 aromatic carbocycles. The highest BCUT2D eigenvalue weighted by Crippen LogP contribution is 2.29. The lowest BCUT2D eigenvalue weighted by Gasteiger charge is -2.36. The number of para-hydroxylation sites is 1. The lowest BCUT2D eigenvalue weighted by atomic mass is 10.1. The Hall–Kier alpha value is -0.670. The Morgan fingerprint density at radius 1 is 1.41 bits per heavy atom. The Balaban J connectivity index is 2.10. The number of piperazine rings is 1. The van der Waals surface area contributed by atoms with Gasteiger partial charge in [0.25, 0.3) is 0 Å². The zero-order chi connectivity index (χ0) is 12.1. The third-order valence-corrected chi connectivity index (χ3v) is 4.10. The van der Waals surface area contributed by atoms with Crippen LogP contribution >= 0.6 is 11.8 Å². The summed E-state index contributed by atoms with van der Waals surface area (Å²) in [4.78, 5) is 3.92. The molecule has 0 saturated carbocycles. The molecule has 2 nitrogen and oxygen atoms in total. The number of hydrogen-bond acceptors (Lipinski definition) is 3. The van der Waals surface area contributed by atoms with Crippen LogP contribution in [0.2, 0.25) is 0 Å². The van der Waals surface area contributed by atoms with Gasteiger partial charge in [0.15, 0.2) is 0 Å². The lowest BCUT2D eigenvalue weighted by molar-refractivity contribution is 0.430. The van der Waals surface area contributed by atoms with Crippen LogP contribution in [0.3, 0.4) is 0 Å². The molecule has 0 amide bonds. The number of thioether (sulfide) groups is 1. The Morgan fingerprint density at radius 3 is 3.00 bits per heavy atom. The van der Waals surface area contributed by atoms with E-state index in [1.54, 1.807) is 0 Å². The summed E-state index contributed by atoms with van der Waals surface area (Å²) >= 11 is 1.84. The number of rotatable bonds is 4. The Bertz CT molecular complexity index is 352. The van der Waals surface area contributed by atoms with Gasteiger partial charge in [0.05, 0.1) is 5.69 Å². The molecule has 94 valence electrons. The standard InChI is InChI=1S/C14H22N2S/c1-3-6-12-11-16(10-9-15-12)13-7-4-5-8-14(13)17-2/h4-5,7-8,12,15H,3,6,9-11H2,1-2H3. The van der Waals surface area contributed by atoms with E-state index in [2.05, 4.69) is 47.7 Å². The van der Waals surface area contributed by atoms with Crippen molar-refractivity contribution in [3.63, 3.8) is 0 Å². The summed E-state index contributed by atoms with van der Waals surface area (Å²) in [5.41, 5.74) is 1.41. The Labute approximate surface area is 109 Å². The van der Waals surface area contributed by atoms with E-state index >= 15 is 0 Å². The van der Waals surface area contributed by atoms with Crippen LogP contribution in [0.1, 0.15) is 19.8 Å². The van der Waals surface area contributed by atoms with Crippen LogP contribution < -0.4 is 10.2 Å². The van der Waals surface area contributed by atoms with Gasteiger partial charge in [-0.25, -0.2) is 0 Å². The molecule has 1 fully saturated rings. The molecule has 0 aromatic heterocycles. The van der Waals surface area contributed by atoms with E-state index in [1.807, 2.05) is 11.8 Å². The first-order valence-electron chi connectivity index (χ1n) is 6.46. The summed E-state index contributed by atoms with van der Waals surface area (Å²) in [5, 5.41) is 3.61. The van der Waals surface area contributed by atoms with E-state index in [4.69, 9.17) is 0 Å². The van der Waals surface area contributed by atoms with Gasteiger partial charge in [-0.3, -0.25) is 0 Å². The van der Waals surface area contributed by atoms with Gasteiger partial charge in [-0.1, -0.05) is 25.5 Å². The smallest absolute Gasteiger partial charge is 0.0505 e. The molecule has 1 atom stereocenters. The Kier molecular flexibility index (Phi) is 4.75. The average molecular weight is 250 g/mol. The van der Waals surface area contributed by atoms with Gasteiger partial charge >= 0.3 is 0 Å². The summed E-state index contributed by atoms with van der Waals surface area (Å²) in [7, 11) is 0. The van der Waals surface area contributed by atoms with Gasteiger partial charge in [-0.2, -0.15) is 0 Å². The molecule has 3 heteroatoms. The minimum Gasteiger partial charge on any atom is -0.368 e. The van der Waals surface area contributed by atoms with Crippen molar-refractivity contribution in [3.8, 4) is 0 Å². The van der Waals surface area contributed by atoms with Crippen LogP contribution in [0.5, 0.6) is 0 Å².